The van der Waals surface area contributed by atoms with E-state index in [1.54, 1.807) is 7.11 Å². The number of methoxy groups -OCH3 is 2. The van der Waals surface area contributed by atoms with Crippen LogP contribution in [0.4, 0.5) is 4.79 Å². The number of rotatable bonds is 9. The van der Waals surface area contributed by atoms with Crippen LogP contribution in [-0.4, -0.2) is 32.8 Å². The number of unbranched alkanes of at least 4 members (excludes halogenated alkanes) is 2. The Labute approximate surface area is 189 Å². The molecule has 0 aromatic heterocycles. The van der Waals surface area contributed by atoms with Crippen molar-refractivity contribution in [3.05, 3.63) is 70.3 Å². The molecule has 1 unspecified atom stereocenters. The topological polar surface area (TPSA) is 73.9 Å². The van der Waals surface area contributed by atoms with Crippen molar-refractivity contribution in [2.45, 2.75) is 44.8 Å². The number of hydrogen-bond donors (Lipinski definition) is 1. The zero-order valence-electron chi connectivity index (χ0n) is 18.6. The van der Waals surface area contributed by atoms with Gasteiger partial charge in [0.1, 0.15) is 6.10 Å². The Morgan fingerprint density at radius 3 is 2.66 bits per heavy atom. The molecule has 3 rings (SSSR count). The van der Waals surface area contributed by atoms with Crippen molar-refractivity contribution in [1.82, 2.24) is 5.32 Å². The molecule has 2 aromatic rings. The summed E-state index contributed by atoms with van der Waals surface area (Å²) in [7, 11) is 3.05. The Balaban J connectivity index is 1.65. The number of carbonyl (C=O) groups is 2. The molecule has 0 bridgehead atoms. The minimum absolute atomic E-state index is 0.210. The summed E-state index contributed by atoms with van der Waals surface area (Å²) < 4.78 is 15.7. The molecule has 0 heterocycles. The zero-order valence-corrected chi connectivity index (χ0v) is 18.6. The molecule has 0 saturated carbocycles. The SMILES string of the molecule is COCc1ccc2c(c1)C#Cc1ccccc1C(OC(=O)NCCCCCC(=O)OC)C2. The summed E-state index contributed by atoms with van der Waals surface area (Å²) >= 11 is 0. The van der Waals surface area contributed by atoms with Gasteiger partial charge in [-0.05, 0) is 36.1 Å². The molecule has 1 aliphatic carbocycles. The summed E-state index contributed by atoms with van der Waals surface area (Å²) in [6, 6.07) is 13.8. The first kappa shape index (κ1) is 23.4. The summed E-state index contributed by atoms with van der Waals surface area (Å²) in [5, 5.41) is 2.82. The molecular weight excluding hydrogens is 406 g/mol. The second-order valence-corrected chi connectivity index (χ2v) is 7.67. The molecule has 1 amide bonds. The number of nitrogens with one attached hydrogen (secondary N) is 1. The number of fused-ring (bicyclic) bond motifs is 2. The number of amides is 1. The van der Waals surface area contributed by atoms with E-state index < -0.39 is 12.2 Å². The van der Waals surface area contributed by atoms with Crippen LogP contribution in [0.2, 0.25) is 0 Å². The van der Waals surface area contributed by atoms with E-state index >= 15 is 0 Å². The fourth-order valence-electron chi connectivity index (χ4n) is 3.65. The molecule has 6 nitrogen and oxygen atoms in total. The lowest BCUT2D eigenvalue weighted by atomic mass is 9.91. The van der Waals surface area contributed by atoms with Crippen LogP contribution in [0.25, 0.3) is 0 Å². The molecule has 32 heavy (non-hydrogen) atoms. The summed E-state index contributed by atoms with van der Waals surface area (Å²) in [5.41, 5.74) is 4.77. The van der Waals surface area contributed by atoms with Gasteiger partial charge >= 0.3 is 12.1 Å². The largest absolute Gasteiger partial charge is 0.469 e. The zero-order chi connectivity index (χ0) is 22.8. The van der Waals surface area contributed by atoms with E-state index in [0.717, 1.165) is 47.1 Å². The van der Waals surface area contributed by atoms with Crippen molar-refractivity contribution < 1.29 is 23.8 Å². The lowest BCUT2D eigenvalue weighted by Crippen LogP contribution is -2.28. The van der Waals surface area contributed by atoms with Crippen LogP contribution in [0.3, 0.4) is 0 Å². The monoisotopic (exact) mass is 435 g/mol. The van der Waals surface area contributed by atoms with Crippen LogP contribution in [0.15, 0.2) is 42.5 Å². The molecule has 6 heteroatoms. The Bertz CT molecular complexity index is 1000. The van der Waals surface area contributed by atoms with E-state index in [1.807, 2.05) is 42.5 Å². The van der Waals surface area contributed by atoms with Crippen LogP contribution in [0.1, 0.15) is 59.6 Å². The van der Waals surface area contributed by atoms with Gasteiger partial charge in [-0.1, -0.05) is 48.6 Å². The van der Waals surface area contributed by atoms with Crippen molar-refractivity contribution in [2.75, 3.05) is 20.8 Å². The Hall–Kier alpha value is -3.30. The lowest BCUT2D eigenvalue weighted by Gasteiger charge is -2.22. The Morgan fingerprint density at radius 2 is 1.84 bits per heavy atom. The van der Waals surface area contributed by atoms with Gasteiger partial charge in [-0.15, -0.1) is 0 Å². The average Bonchev–Trinajstić information content (AvgIpc) is 2.79. The molecule has 1 atom stereocenters. The third-order valence-corrected chi connectivity index (χ3v) is 5.33. The third kappa shape index (κ3) is 6.60. The summed E-state index contributed by atoms with van der Waals surface area (Å²) in [4.78, 5) is 23.6. The van der Waals surface area contributed by atoms with Crippen molar-refractivity contribution in [1.29, 1.82) is 0 Å². The second-order valence-electron chi connectivity index (χ2n) is 7.67. The fraction of sp³-hybridized carbons (Fsp3) is 0.385. The molecule has 0 radical (unpaired) electrons. The number of ether oxygens (including phenoxy) is 3. The van der Waals surface area contributed by atoms with Crippen LogP contribution in [0.5, 0.6) is 0 Å². The minimum atomic E-state index is -0.455. The highest BCUT2D eigenvalue weighted by Crippen LogP contribution is 2.29. The number of alkyl carbamates (subject to hydrolysis) is 1. The molecule has 0 aliphatic heterocycles. The minimum Gasteiger partial charge on any atom is -0.469 e. The van der Waals surface area contributed by atoms with Gasteiger partial charge in [0.15, 0.2) is 0 Å². The highest BCUT2D eigenvalue weighted by molar-refractivity contribution is 5.69. The molecule has 1 N–H and O–H groups in total. The van der Waals surface area contributed by atoms with E-state index in [0.29, 0.717) is 26.0 Å². The van der Waals surface area contributed by atoms with Crippen LogP contribution in [-0.2, 0) is 32.0 Å². The van der Waals surface area contributed by atoms with Gasteiger partial charge in [0.2, 0.25) is 0 Å². The quantitative estimate of drug-likeness (QED) is 0.361. The van der Waals surface area contributed by atoms with Gasteiger partial charge in [0.05, 0.1) is 13.7 Å². The van der Waals surface area contributed by atoms with Crippen molar-refractivity contribution in [3.8, 4) is 11.8 Å². The van der Waals surface area contributed by atoms with Gasteiger partial charge in [-0.3, -0.25) is 4.79 Å². The highest BCUT2D eigenvalue weighted by Gasteiger charge is 2.22. The summed E-state index contributed by atoms with van der Waals surface area (Å²) in [6.45, 7) is 1.01. The molecular formula is C26H29NO5. The maximum absolute atomic E-state index is 12.5. The van der Waals surface area contributed by atoms with Crippen molar-refractivity contribution in [2.24, 2.45) is 0 Å². The molecule has 0 spiro atoms. The first-order chi connectivity index (χ1) is 15.6. The van der Waals surface area contributed by atoms with Crippen molar-refractivity contribution in [3.63, 3.8) is 0 Å². The molecule has 2 aromatic carbocycles. The number of esters is 1. The fourth-order valence-corrected chi connectivity index (χ4v) is 3.65. The predicted octanol–water partition coefficient (Wildman–Crippen LogP) is 4.29. The van der Waals surface area contributed by atoms with Crippen LogP contribution < -0.4 is 5.32 Å². The maximum Gasteiger partial charge on any atom is 0.407 e. The van der Waals surface area contributed by atoms with E-state index in [1.165, 1.54) is 7.11 Å². The molecule has 1 aliphatic rings. The Kier molecular flexibility index (Phi) is 8.70. The lowest BCUT2D eigenvalue weighted by molar-refractivity contribution is -0.140. The predicted molar refractivity (Wildman–Crippen MR) is 121 cm³/mol. The average molecular weight is 436 g/mol. The smallest absolute Gasteiger partial charge is 0.407 e. The van der Waals surface area contributed by atoms with Crippen LogP contribution >= 0.6 is 0 Å². The normalized spacial score (nSPS) is 14.0. The Morgan fingerprint density at radius 1 is 1.03 bits per heavy atom. The second kappa shape index (κ2) is 11.9. The maximum atomic E-state index is 12.5. The first-order valence-corrected chi connectivity index (χ1v) is 10.8. The van der Waals surface area contributed by atoms with Gasteiger partial charge in [0, 0.05) is 43.2 Å². The molecule has 0 saturated heterocycles. The van der Waals surface area contributed by atoms with E-state index in [4.69, 9.17) is 9.47 Å². The van der Waals surface area contributed by atoms with E-state index in [2.05, 4.69) is 21.9 Å². The van der Waals surface area contributed by atoms with E-state index in [-0.39, 0.29) is 5.97 Å². The number of hydrogen-bond acceptors (Lipinski definition) is 5. The number of carbonyl (C=O) groups excluding carboxylic acids is 2. The number of benzene rings is 2. The molecule has 0 fully saturated rings. The van der Waals surface area contributed by atoms with Gasteiger partial charge in [0.25, 0.3) is 0 Å². The van der Waals surface area contributed by atoms with Crippen LogP contribution in [0, 0.1) is 11.8 Å². The highest BCUT2D eigenvalue weighted by atomic mass is 16.6. The first-order valence-electron chi connectivity index (χ1n) is 10.8. The van der Waals surface area contributed by atoms with E-state index in [9.17, 15) is 9.59 Å². The standard InChI is InChI=1S/C26H29NO5/c1-30-18-19-11-12-22-17-24(23-9-6-5-8-20(23)13-14-21(22)16-19)32-26(29)27-15-7-3-4-10-25(28)31-2/h5-6,8-9,11-12,16,24H,3-4,7,10,15,17-18H2,1-2H3,(H,27,29). The summed E-state index contributed by atoms with van der Waals surface area (Å²) in [5.74, 6) is 6.29. The van der Waals surface area contributed by atoms with Gasteiger partial charge in [-0.2, -0.15) is 0 Å². The summed E-state index contributed by atoms with van der Waals surface area (Å²) in [6.07, 6.45) is 2.38. The molecule has 168 valence electrons. The third-order valence-electron chi connectivity index (χ3n) is 5.33. The van der Waals surface area contributed by atoms with Gasteiger partial charge in [-0.25, -0.2) is 4.79 Å². The van der Waals surface area contributed by atoms with Gasteiger partial charge < -0.3 is 19.5 Å². The van der Waals surface area contributed by atoms with Crippen molar-refractivity contribution >= 4 is 12.1 Å².